The van der Waals surface area contributed by atoms with Gasteiger partial charge in [-0.15, -0.1) is 0 Å². The van der Waals surface area contributed by atoms with Crippen LogP contribution in [0.2, 0.25) is 0 Å². The highest BCUT2D eigenvalue weighted by Crippen LogP contribution is 2.24. The van der Waals surface area contributed by atoms with E-state index in [0.29, 0.717) is 6.54 Å². The average molecular weight is 235 g/mol. The SMILES string of the molecule is CCN(C)CC(O)c1ccc(C(C)(C)C)cc1. The van der Waals surface area contributed by atoms with E-state index in [2.05, 4.69) is 44.7 Å². The largest absolute Gasteiger partial charge is 0.387 e. The first-order valence-corrected chi connectivity index (χ1v) is 6.31. The number of aliphatic hydroxyl groups is 1. The van der Waals surface area contributed by atoms with Crippen molar-refractivity contribution in [3.63, 3.8) is 0 Å². The van der Waals surface area contributed by atoms with Gasteiger partial charge in [-0.2, -0.15) is 0 Å². The molecule has 0 spiro atoms. The summed E-state index contributed by atoms with van der Waals surface area (Å²) in [5.74, 6) is 0. The molecule has 1 aromatic carbocycles. The van der Waals surface area contributed by atoms with Crippen LogP contribution in [0, 0.1) is 0 Å². The Hall–Kier alpha value is -0.860. The van der Waals surface area contributed by atoms with E-state index in [-0.39, 0.29) is 5.41 Å². The lowest BCUT2D eigenvalue weighted by molar-refractivity contribution is 0.129. The summed E-state index contributed by atoms with van der Waals surface area (Å²) < 4.78 is 0. The van der Waals surface area contributed by atoms with Crippen LogP contribution in [-0.4, -0.2) is 30.1 Å². The molecule has 0 aliphatic carbocycles. The van der Waals surface area contributed by atoms with Crippen molar-refractivity contribution in [2.75, 3.05) is 20.1 Å². The van der Waals surface area contributed by atoms with Gasteiger partial charge in [0.05, 0.1) is 6.10 Å². The van der Waals surface area contributed by atoms with Gasteiger partial charge >= 0.3 is 0 Å². The van der Waals surface area contributed by atoms with Crippen molar-refractivity contribution >= 4 is 0 Å². The Labute approximate surface area is 105 Å². The molecular weight excluding hydrogens is 210 g/mol. The van der Waals surface area contributed by atoms with Crippen LogP contribution < -0.4 is 0 Å². The van der Waals surface area contributed by atoms with Gasteiger partial charge in [0.15, 0.2) is 0 Å². The molecule has 1 N–H and O–H groups in total. The second kappa shape index (κ2) is 5.65. The van der Waals surface area contributed by atoms with E-state index in [1.165, 1.54) is 5.56 Å². The van der Waals surface area contributed by atoms with Crippen LogP contribution in [0.15, 0.2) is 24.3 Å². The summed E-state index contributed by atoms with van der Waals surface area (Å²) in [5, 5.41) is 10.1. The highest BCUT2D eigenvalue weighted by Gasteiger charge is 2.15. The van der Waals surface area contributed by atoms with E-state index < -0.39 is 6.10 Å². The quantitative estimate of drug-likeness (QED) is 0.867. The highest BCUT2D eigenvalue weighted by molar-refractivity contribution is 5.28. The first-order chi connectivity index (χ1) is 7.84. The molecule has 1 rings (SSSR count). The normalized spacial score (nSPS) is 14.1. The van der Waals surface area contributed by atoms with Crippen molar-refractivity contribution in [3.05, 3.63) is 35.4 Å². The molecule has 96 valence electrons. The number of aliphatic hydroxyl groups excluding tert-OH is 1. The molecule has 2 heteroatoms. The summed E-state index contributed by atoms with van der Waals surface area (Å²) in [5.41, 5.74) is 2.47. The Kier molecular flexibility index (Phi) is 4.72. The van der Waals surface area contributed by atoms with Crippen LogP contribution >= 0.6 is 0 Å². The molecule has 0 heterocycles. The summed E-state index contributed by atoms with van der Waals surface area (Å²) in [6.07, 6.45) is -0.394. The van der Waals surface area contributed by atoms with Crippen LogP contribution in [0.1, 0.15) is 44.9 Å². The summed E-state index contributed by atoms with van der Waals surface area (Å²) in [6, 6.07) is 8.30. The molecule has 1 atom stereocenters. The average Bonchev–Trinajstić information content (AvgIpc) is 2.27. The molecule has 0 aliphatic rings. The van der Waals surface area contributed by atoms with Gasteiger partial charge in [-0.3, -0.25) is 0 Å². The summed E-state index contributed by atoms with van der Waals surface area (Å²) in [6.45, 7) is 10.3. The second-order valence-electron chi connectivity index (χ2n) is 5.74. The van der Waals surface area contributed by atoms with Gasteiger partial charge < -0.3 is 10.0 Å². The lowest BCUT2D eigenvalue weighted by Gasteiger charge is -2.22. The molecule has 17 heavy (non-hydrogen) atoms. The van der Waals surface area contributed by atoms with Crippen molar-refractivity contribution in [1.82, 2.24) is 4.90 Å². The fourth-order valence-corrected chi connectivity index (χ4v) is 1.73. The van der Waals surface area contributed by atoms with E-state index in [9.17, 15) is 5.11 Å². The van der Waals surface area contributed by atoms with E-state index >= 15 is 0 Å². The Morgan fingerprint density at radius 3 is 2.12 bits per heavy atom. The van der Waals surface area contributed by atoms with E-state index in [0.717, 1.165) is 12.1 Å². The minimum absolute atomic E-state index is 0.170. The zero-order valence-corrected chi connectivity index (χ0v) is 11.7. The third-order valence-corrected chi connectivity index (χ3v) is 3.19. The Morgan fingerprint density at radius 2 is 1.71 bits per heavy atom. The predicted octanol–water partition coefficient (Wildman–Crippen LogP) is 2.97. The molecule has 0 saturated heterocycles. The number of nitrogens with zero attached hydrogens (tertiary/aromatic N) is 1. The molecule has 1 unspecified atom stereocenters. The van der Waals surface area contributed by atoms with Crippen molar-refractivity contribution in [2.45, 2.75) is 39.2 Å². The zero-order valence-electron chi connectivity index (χ0n) is 11.7. The first-order valence-electron chi connectivity index (χ1n) is 6.31. The maximum Gasteiger partial charge on any atom is 0.0916 e. The van der Waals surface area contributed by atoms with Crippen LogP contribution in [-0.2, 0) is 5.41 Å². The van der Waals surface area contributed by atoms with Crippen molar-refractivity contribution in [3.8, 4) is 0 Å². The third kappa shape index (κ3) is 4.14. The smallest absolute Gasteiger partial charge is 0.0916 e. The maximum absolute atomic E-state index is 10.1. The molecule has 1 aromatic rings. The van der Waals surface area contributed by atoms with Crippen molar-refractivity contribution in [2.24, 2.45) is 0 Å². The van der Waals surface area contributed by atoms with E-state index in [4.69, 9.17) is 0 Å². The molecule has 0 saturated carbocycles. The summed E-state index contributed by atoms with van der Waals surface area (Å²) in [4.78, 5) is 2.11. The molecular formula is C15H25NO. The van der Waals surface area contributed by atoms with Crippen LogP contribution in [0.3, 0.4) is 0 Å². The second-order valence-corrected chi connectivity index (χ2v) is 5.74. The Bertz CT molecular complexity index is 337. The number of hydrogen-bond acceptors (Lipinski definition) is 2. The standard InChI is InChI=1S/C15H25NO/c1-6-16(5)11-14(17)12-7-9-13(10-8-12)15(2,3)4/h7-10,14,17H,6,11H2,1-5H3. The monoisotopic (exact) mass is 235 g/mol. The summed E-state index contributed by atoms with van der Waals surface area (Å²) in [7, 11) is 2.02. The minimum atomic E-state index is -0.394. The van der Waals surface area contributed by atoms with Crippen molar-refractivity contribution < 1.29 is 5.11 Å². The van der Waals surface area contributed by atoms with Crippen LogP contribution in [0.5, 0.6) is 0 Å². The fourth-order valence-electron chi connectivity index (χ4n) is 1.73. The molecule has 0 fully saturated rings. The number of likely N-dealkylation sites (N-methyl/N-ethyl adjacent to an activating group) is 1. The zero-order chi connectivity index (χ0) is 13.1. The van der Waals surface area contributed by atoms with Gasteiger partial charge in [0.25, 0.3) is 0 Å². The maximum atomic E-state index is 10.1. The van der Waals surface area contributed by atoms with Crippen LogP contribution in [0.4, 0.5) is 0 Å². The number of rotatable bonds is 4. The summed E-state index contributed by atoms with van der Waals surface area (Å²) >= 11 is 0. The van der Waals surface area contributed by atoms with Gasteiger partial charge in [-0.1, -0.05) is 52.0 Å². The highest BCUT2D eigenvalue weighted by atomic mass is 16.3. The molecule has 0 radical (unpaired) electrons. The molecule has 0 aliphatic heterocycles. The van der Waals surface area contributed by atoms with Gasteiger partial charge in [-0.25, -0.2) is 0 Å². The number of hydrogen-bond donors (Lipinski definition) is 1. The van der Waals surface area contributed by atoms with Gasteiger partial charge in [-0.05, 0) is 30.1 Å². The predicted molar refractivity (Wildman–Crippen MR) is 73.3 cm³/mol. The van der Waals surface area contributed by atoms with E-state index in [1.54, 1.807) is 0 Å². The lowest BCUT2D eigenvalue weighted by atomic mass is 9.86. The number of benzene rings is 1. The van der Waals surface area contributed by atoms with Gasteiger partial charge in [0.1, 0.15) is 0 Å². The topological polar surface area (TPSA) is 23.5 Å². The third-order valence-electron chi connectivity index (χ3n) is 3.19. The Balaban J connectivity index is 2.74. The Morgan fingerprint density at radius 1 is 1.18 bits per heavy atom. The lowest BCUT2D eigenvalue weighted by Crippen LogP contribution is -2.24. The van der Waals surface area contributed by atoms with E-state index in [1.807, 2.05) is 19.2 Å². The van der Waals surface area contributed by atoms with Crippen LogP contribution in [0.25, 0.3) is 0 Å². The van der Waals surface area contributed by atoms with Gasteiger partial charge in [0.2, 0.25) is 0 Å². The minimum Gasteiger partial charge on any atom is -0.387 e. The molecule has 0 amide bonds. The first kappa shape index (κ1) is 14.2. The molecule has 0 bridgehead atoms. The molecule has 2 nitrogen and oxygen atoms in total. The fraction of sp³-hybridized carbons (Fsp3) is 0.600. The van der Waals surface area contributed by atoms with Gasteiger partial charge in [0, 0.05) is 6.54 Å². The van der Waals surface area contributed by atoms with Crippen molar-refractivity contribution in [1.29, 1.82) is 0 Å². The molecule has 0 aromatic heterocycles.